The number of nitrogens with zero attached hydrogens (tertiary/aromatic N) is 4. The highest BCUT2D eigenvalue weighted by Gasteiger charge is 2.54. The third-order valence-corrected chi connectivity index (χ3v) is 6.21. The second-order valence-corrected chi connectivity index (χ2v) is 9.46. The van der Waals surface area contributed by atoms with Gasteiger partial charge in [-0.3, -0.25) is 14.4 Å². The first kappa shape index (κ1) is 24.7. The Morgan fingerprint density at radius 2 is 1.92 bits per heavy atom. The number of hydrogen-bond acceptors (Lipinski definition) is 9. The minimum absolute atomic E-state index is 0.217. The van der Waals surface area contributed by atoms with E-state index in [-0.39, 0.29) is 5.82 Å². The van der Waals surface area contributed by atoms with Crippen LogP contribution < -0.4 is 10.6 Å². The van der Waals surface area contributed by atoms with Crippen LogP contribution in [0.25, 0.3) is 11.2 Å². The van der Waals surface area contributed by atoms with Gasteiger partial charge in [-0.05, 0) is 6.42 Å². The van der Waals surface area contributed by atoms with Gasteiger partial charge in [-0.25, -0.2) is 24.3 Å². The molecule has 0 radical (unpaired) electrons. The minimum Gasteiger partial charge on any atom is -0.347 e. The van der Waals surface area contributed by atoms with Gasteiger partial charge in [0.25, 0.3) is 0 Å². The summed E-state index contributed by atoms with van der Waals surface area (Å²) in [5, 5.41) is 5.37. The molecule has 0 saturated carbocycles. The van der Waals surface area contributed by atoms with Gasteiger partial charge >= 0.3 is 13.9 Å². The van der Waals surface area contributed by atoms with Gasteiger partial charge in [0.15, 0.2) is 29.5 Å². The average Bonchev–Trinajstić information content (AvgIpc) is 3.56. The molecule has 0 bridgehead atoms. The minimum atomic E-state index is -4.74. The predicted octanol–water partition coefficient (Wildman–Crippen LogP) is 1.85. The summed E-state index contributed by atoms with van der Waals surface area (Å²) in [5.41, 5.74) is 1.48. The van der Waals surface area contributed by atoms with Crippen molar-refractivity contribution in [2.24, 2.45) is 0 Å². The number of rotatable bonds is 8. The number of benzene rings is 1. The third kappa shape index (κ3) is 5.11. The lowest BCUT2D eigenvalue weighted by Gasteiger charge is -2.21. The van der Waals surface area contributed by atoms with E-state index < -0.39 is 51.3 Å². The maximum atomic E-state index is 12.1. The van der Waals surface area contributed by atoms with E-state index in [9.17, 15) is 19.1 Å². The molecule has 2 aliphatic heterocycles. The van der Waals surface area contributed by atoms with E-state index in [0.717, 1.165) is 12.0 Å². The number of fused-ring (bicyclic) bond motifs is 2. The second kappa shape index (κ2) is 10.2. The zero-order valence-electron chi connectivity index (χ0n) is 19.1. The molecule has 2 amide bonds. The average molecular weight is 520 g/mol. The molecule has 2 aromatic heterocycles. The Kier molecular flexibility index (Phi) is 6.99. The molecule has 2 fully saturated rings. The first-order valence-electron chi connectivity index (χ1n) is 11.3. The van der Waals surface area contributed by atoms with Crippen molar-refractivity contribution >= 4 is 30.8 Å². The largest absolute Gasteiger partial charge is 0.469 e. The molecule has 0 aliphatic carbocycles. The van der Waals surface area contributed by atoms with Gasteiger partial charge in [-0.1, -0.05) is 37.3 Å². The molecule has 3 aromatic rings. The van der Waals surface area contributed by atoms with E-state index in [1.165, 1.54) is 12.7 Å². The second-order valence-electron chi connectivity index (χ2n) is 8.22. The number of phosphoric acid groups is 1. The van der Waals surface area contributed by atoms with Gasteiger partial charge in [-0.15, -0.1) is 0 Å². The van der Waals surface area contributed by atoms with Crippen molar-refractivity contribution < 1.29 is 37.9 Å². The highest BCUT2D eigenvalue weighted by atomic mass is 31.2. The highest BCUT2D eigenvalue weighted by Crippen LogP contribution is 2.46. The van der Waals surface area contributed by atoms with Crippen LogP contribution in [0, 0.1) is 0 Å². The maximum Gasteiger partial charge on any atom is 0.469 e. The highest BCUT2D eigenvalue weighted by molar-refractivity contribution is 7.46. The fourth-order valence-electron chi connectivity index (χ4n) is 4.15. The molecule has 36 heavy (non-hydrogen) atoms. The third-order valence-electron chi connectivity index (χ3n) is 5.73. The van der Waals surface area contributed by atoms with Gasteiger partial charge in [0.2, 0.25) is 0 Å². The summed E-state index contributed by atoms with van der Waals surface area (Å²) in [6.07, 6.45) is -0.192. The molecule has 2 saturated heterocycles. The van der Waals surface area contributed by atoms with Crippen LogP contribution in [-0.4, -0.2) is 66.8 Å². The Hall–Kier alpha value is -2.97. The van der Waals surface area contributed by atoms with Crippen LogP contribution in [0.5, 0.6) is 0 Å². The lowest BCUT2D eigenvalue weighted by Crippen LogP contribution is -2.31. The van der Waals surface area contributed by atoms with E-state index in [4.69, 9.17) is 18.7 Å². The number of carbonyl (C=O) groups excluding carboxylic acids is 1. The summed E-state index contributed by atoms with van der Waals surface area (Å²) in [6.45, 7) is 2.03. The van der Waals surface area contributed by atoms with E-state index in [0.29, 0.717) is 17.7 Å². The van der Waals surface area contributed by atoms with Gasteiger partial charge in [0, 0.05) is 12.1 Å². The molecule has 5 atom stereocenters. The molecule has 0 spiro atoms. The topological polar surface area (TPSA) is 179 Å². The fraction of sp³-hybridized carbons (Fsp3) is 0.429. The summed E-state index contributed by atoms with van der Waals surface area (Å²) >= 11 is 0. The molecule has 4 N–H and O–H groups in total. The van der Waals surface area contributed by atoms with Gasteiger partial charge in [-0.2, -0.15) is 0 Å². The smallest absolute Gasteiger partial charge is 0.347 e. The normalized spacial score (nSPS) is 25.7. The van der Waals surface area contributed by atoms with Crippen LogP contribution in [0.4, 0.5) is 10.6 Å². The Labute approximate surface area is 205 Å². The zero-order valence-corrected chi connectivity index (χ0v) is 20.0. The first-order chi connectivity index (χ1) is 17.3. The van der Waals surface area contributed by atoms with Crippen LogP contribution in [-0.2, 0) is 23.3 Å². The molecule has 192 valence electrons. The summed E-state index contributed by atoms with van der Waals surface area (Å²) in [7, 11) is -4.74. The standard InChI is InChI=1S/C21H25N6O8P/c1-2-8-22-21(28)26-17-14-18(24-10-23-17)27(11-25-14)19-16-15(13(33-19)9-32-36(29,30)31)34-20(35-16)12-6-4-3-5-7-12/h3-7,10-11,13,15-16,19-20H,2,8-9H2,1H3,(H2,29,30,31)(H2,22,23,24,26,28)/t13-,15?,16?,19-,20?/m1/s1. The number of aromatic nitrogens is 4. The lowest BCUT2D eigenvalue weighted by atomic mass is 10.1. The number of hydrogen-bond donors (Lipinski definition) is 4. The van der Waals surface area contributed by atoms with Crippen molar-refractivity contribution in [2.45, 2.75) is 44.2 Å². The number of imidazole rings is 1. The Morgan fingerprint density at radius 1 is 1.14 bits per heavy atom. The van der Waals surface area contributed by atoms with Crippen molar-refractivity contribution in [1.82, 2.24) is 24.8 Å². The SMILES string of the molecule is CCCNC(=O)Nc1ncnc2c1ncn2[C@@H]1O[C@H](COP(=O)(O)O)C2OC(c3ccccc3)OC21. The quantitative estimate of drug-likeness (QED) is 0.318. The van der Waals surface area contributed by atoms with Crippen molar-refractivity contribution in [3.8, 4) is 0 Å². The summed E-state index contributed by atoms with van der Waals surface area (Å²) in [4.78, 5) is 43.3. The Morgan fingerprint density at radius 3 is 2.67 bits per heavy atom. The maximum absolute atomic E-state index is 12.1. The molecule has 14 nitrogen and oxygen atoms in total. The summed E-state index contributed by atoms with van der Waals surface area (Å²) < 4.78 is 36.0. The molecule has 1 aromatic carbocycles. The number of carbonyl (C=O) groups is 1. The molecule has 15 heteroatoms. The van der Waals surface area contributed by atoms with Crippen LogP contribution in [0.2, 0.25) is 0 Å². The van der Waals surface area contributed by atoms with Crippen LogP contribution in [0.3, 0.4) is 0 Å². The zero-order chi connectivity index (χ0) is 25.3. The van der Waals surface area contributed by atoms with E-state index in [2.05, 4.69) is 25.6 Å². The number of anilines is 1. The van der Waals surface area contributed by atoms with Crippen molar-refractivity contribution in [3.05, 3.63) is 48.5 Å². The molecular weight excluding hydrogens is 495 g/mol. The molecule has 5 rings (SSSR count). The Balaban J connectivity index is 1.43. The number of nitrogens with one attached hydrogen (secondary N) is 2. The van der Waals surface area contributed by atoms with Crippen molar-refractivity contribution in [3.63, 3.8) is 0 Å². The van der Waals surface area contributed by atoms with Gasteiger partial charge in [0.1, 0.15) is 24.6 Å². The molecule has 3 unspecified atom stereocenters. The number of amides is 2. The van der Waals surface area contributed by atoms with E-state index in [1.54, 1.807) is 4.57 Å². The van der Waals surface area contributed by atoms with Crippen molar-refractivity contribution in [1.29, 1.82) is 0 Å². The van der Waals surface area contributed by atoms with E-state index >= 15 is 0 Å². The van der Waals surface area contributed by atoms with Crippen LogP contribution in [0.15, 0.2) is 43.0 Å². The summed E-state index contributed by atoms with van der Waals surface area (Å²) in [6, 6.07) is 8.85. The Bertz CT molecular complexity index is 1270. The molecular formula is C21H25N6O8P. The van der Waals surface area contributed by atoms with Crippen LogP contribution in [0.1, 0.15) is 31.4 Å². The summed E-state index contributed by atoms with van der Waals surface area (Å²) in [5.74, 6) is 0.217. The van der Waals surface area contributed by atoms with Crippen molar-refractivity contribution in [2.75, 3.05) is 18.5 Å². The van der Waals surface area contributed by atoms with Gasteiger partial charge < -0.3 is 29.3 Å². The predicted molar refractivity (Wildman–Crippen MR) is 123 cm³/mol. The monoisotopic (exact) mass is 520 g/mol. The number of ether oxygens (including phenoxy) is 3. The fourth-order valence-corrected chi connectivity index (χ4v) is 4.49. The molecule has 4 heterocycles. The molecule has 2 aliphatic rings. The number of phosphoric ester groups is 1. The lowest BCUT2D eigenvalue weighted by molar-refractivity contribution is -0.152. The van der Waals surface area contributed by atoms with Crippen LogP contribution >= 0.6 is 7.82 Å². The first-order valence-corrected chi connectivity index (χ1v) is 12.8. The number of urea groups is 1. The van der Waals surface area contributed by atoms with Gasteiger partial charge in [0.05, 0.1) is 12.9 Å². The van der Waals surface area contributed by atoms with E-state index in [1.807, 2.05) is 37.3 Å².